The molecule has 0 atom stereocenters. The Bertz CT molecular complexity index is 1740. The maximum Gasteiger partial charge on any atom is 0.226 e. The van der Waals surface area contributed by atoms with Gasteiger partial charge in [-0.15, -0.1) is 0 Å². The molecule has 0 bridgehead atoms. The van der Waals surface area contributed by atoms with E-state index in [4.69, 9.17) is 9.97 Å². The molecule has 0 aliphatic rings. The zero-order valence-corrected chi connectivity index (χ0v) is 15.5. The van der Waals surface area contributed by atoms with E-state index in [2.05, 4.69) is 76.0 Å². The van der Waals surface area contributed by atoms with Gasteiger partial charge in [0.1, 0.15) is 7.05 Å². The molecule has 0 aliphatic heterocycles. The van der Waals surface area contributed by atoms with Crippen LogP contribution in [0.25, 0.3) is 55.2 Å². The first kappa shape index (κ1) is 14.3. The third-order valence-electron chi connectivity index (χ3n) is 6.05. The maximum absolute atomic E-state index is 4.99. The number of benzene rings is 2. The topological polar surface area (TPSA) is 38.5 Å². The van der Waals surface area contributed by atoms with Crippen molar-refractivity contribution in [2.45, 2.75) is 6.92 Å². The van der Waals surface area contributed by atoms with E-state index >= 15 is 0 Å². The molecule has 0 amide bonds. The predicted octanol–water partition coefficient (Wildman–Crippen LogP) is 4.17. The highest BCUT2D eigenvalue weighted by atomic mass is 15.2. The Morgan fingerprint density at radius 1 is 0.893 bits per heavy atom. The Hall–Kier alpha value is -3.73. The Kier molecular flexibility index (Phi) is 2.34. The maximum atomic E-state index is 4.99. The Morgan fingerprint density at radius 2 is 1.79 bits per heavy atom. The summed E-state index contributed by atoms with van der Waals surface area (Å²) in [7, 11) is 2.11. The zero-order valence-electron chi connectivity index (χ0n) is 15.5. The number of fused-ring (bicyclic) bond motifs is 7. The highest BCUT2D eigenvalue weighted by Gasteiger charge is 2.25. The lowest BCUT2D eigenvalue weighted by atomic mass is 10.0. The van der Waals surface area contributed by atoms with Gasteiger partial charge in [0, 0.05) is 12.3 Å². The average Bonchev–Trinajstić information content (AvgIpc) is 3.24. The molecular formula is C23H16N5+. The largest absolute Gasteiger partial charge is 0.276 e. The molecule has 0 radical (unpaired) electrons. The summed E-state index contributed by atoms with van der Waals surface area (Å²) in [5, 5.41) is 3.64. The number of hydrogen-bond acceptors (Lipinski definition) is 2. The van der Waals surface area contributed by atoms with Crippen LogP contribution in [0.15, 0.2) is 60.9 Å². The quantitative estimate of drug-likeness (QED) is 0.231. The molecule has 0 fully saturated rings. The second-order valence-corrected chi connectivity index (χ2v) is 7.57. The minimum Gasteiger partial charge on any atom is -0.276 e. The van der Waals surface area contributed by atoms with Gasteiger partial charge in [0.2, 0.25) is 11.3 Å². The summed E-state index contributed by atoms with van der Waals surface area (Å²) in [5.74, 6) is 0.917. The third kappa shape index (κ3) is 1.45. The van der Waals surface area contributed by atoms with Crippen LogP contribution in [-0.4, -0.2) is 18.8 Å². The molecule has 5 heteroatoms. The molecule has 0 unspecified atom stereocenters. The number of hydrogen-bond donors (Lipinski definition) is 0. The summed E-state index contributed by atoms with van der Waals surface area (Å²) >= 11 is 0. The Balaban J connectivity index is 1.98. The fourth-order valence-electron chi connectivity index (χ4n) is 4.85. The highest BCUT2D eigenvalue weighted by Crippen LogP contribution is 2.37. The molecule has 0 saturated heterocycles. The van der Waals surface area contributed by atoms with Gasteiger partial charge < -0.3 is 0 Å². The van der Waals surface area contributed by atoms with Gasteiger partial charge in [-0.25, -0.2) is 14.5 Å². The van der Waals surface area contributed by atoms with Crippen molar-refractivity contribution in [3.05, 3.63) is 66.5 Å². The number of rotatable bonds is 0. The summed E-state index contributed by atoms with van der Waals surface area (Å²) in [6.07, 6.45) is 4.03. The summed E-state index contributed by atoms with van der Waals surface area (Å²) < 4.78 is 6.72. The first-order valence-electron chi connectivity index (χ1n) is 9.43. The van der Waals surface area contributed by atoms with E-state index in [-0.39, 0.29) is 0 Å². The van der Waals surface area contributed by atoms with Crippen LogP contribution in [0.4, 0.5) is 0 Å². The number of para-hydroxylation sites is 2. The molecule has 0 saturated carbocycles. The van der Waals surface area contributed by atoms with E-state index in [1.807, 2.05) is 12.3 Å². The van der Waals surface area contributed by atoms with Crippen LogP contribution in [-0.2, 0) is 7.05 Å². The lowest BCUT2D eigenvalue weighted by molar-refractivity contribution is -0.643. The van der Waals surface area contributed by atoms with Gasteiger partial charge >= 0.3 is 0 Å². The van der Waals surface area contributed by atoms with Crippen LogP contribution in [0, 0.1) is 6.92 Å². The fourth-order valence-corrected chi connectivity index (χ4v) is 4.85. The predicted molar refractivity (Wildman–Crippen MR) is 111 cm³/mol. The van der Waals surface area contributed by atoms with Gasteiger partial charge in [0.05, 0.1) is 32.8 Å². The highest BCUT2D eigenvalue weighted by molar-refractivity contribution is 6.20. The lowest BCUT2D eigenvalue weighted by Crippen LogP contribution is -2.29. The normalized spacial score (nSPS) is 12.6. The van der Waals surface area contributed by atoms with Crippen LogP contribution >= 0.6 is 0 Å². The number of aryl methyl sites for hydroxylation is 2. The van der Waals surface area contributed by atoms with Gasteiger partial charge in [-0.05, 0) is 42.1 Å². The van der Waals surface area contributed by atoms with Crippen molar-refractivity contribution in [2.75, 3.05) is 0 Å². The standard InChI is InChI=1S/C23H16N5/c1-13-7-8-17-20-18(13)21-19-14(10-12-26(21)2)9-11-24-22(19)28(20)23-25-15-5-3-4-6-16(15)27(17)23/h3-12H,1-2H3/q+1. The van der Waals surface area contributed by atoms with Crippen LogP contribution in [0.3, 0.4) is 0 Å². The third-order valence-corrected chi connectivity index (χ3v) is 6.05. The number of imidazole rings is 2. The van der Waals surface area contributed by atoms with Crippen molar-refractivity contribution in [1.29, 1.82) is 0 Å². The molecule has 5 nitrogen and oxygen atoms in total. The molecule has 0 spiro atoms. The van der Waals surface area contributed by atoms with Gasteiger partial charge in [0.15, 0.2) is 11.8 Å². The smallest absolute Gasteiger partial charge is 0.226 e. The minimum absolute atomic E-state index is 0.917. The van der Waals surface area contributed by atoms with E-state index in [1.54, 1.807) is 0 Å². The number of pyridine rings is 3. The molecule has 132 valence electrons. The summed E-state index contributed by atoms with van der Waals surface area (Å²) in [6.45, 7) is 2.19. The van der Waals surface area contributed by atoms with Crippen LogP contribution in [0.1, 0.15) is 5.56 Å². The first-order valence-corrected chi connectivity index (χ1v) is 9.43. The fraction of sp³-hybridized carbons (Fsp3) is 0.0870. The van der Waals surface area contributed by atoms with Crippen molar-refractivity contribution in [3.63, 3.8) is 0 Å². The van der Waals surface area contributed by atoms with E-state index in [0.29, 0.717) is 0 Å². The molecule has 28 heavy (non-hydrogen) atoms. The molecular weight excluding hydrogens is 346 g/mol. The van der Waals surface area contributed by atoms with Crippen molar-refractivity contribution < 1.29 is 4.57 Å². The van der Waals surface area contributed by atoms with Crippen molar-refractivity contribution in [2.24, 2.45) is 7.05 Å². The number of nitrogens with zero attached hydrogens (tertiary/aromatic N) is 5. The van der Waals surface area contributed by atoms with E-state index in [1.165, 1.54) is 32.8 Å². The van der Waals surface area contributed by atoms with Crippen LogP contribution in [0.2, 0.25) is 0 Å². The zero-order chi connectivity index (χ0) is 18.6. The monoisotopic (exact) mass is 362 g/mol. The van der Waals surface area contributed by atoms with Gasteiger partial charge in [0.25, 0.3) is 0 Å². The lowest BCUT2D eigenvalue weighted by Gasteiger charge is -2.10. The minimum atomic E-state index is 0.917. The molecule has 0 aliphatic carbocycles. The second kappa shape index (κ2) is 4.57. The van der Waals surface area contributed by atoms with Crippen molar-refractivity contribution in [3.8, 4) is 0 Å². The van der Waals surface area contributed by atoms with Gasteiger partial charge in [-0.3, -0.25) is 8.80 Å². The van der Waals surface area contributed by atoms with Crippen LogP contribution < -0.4 is 4.57 Å². The molecule has 7 aromatic rings. The summed E-state index contributed by atoms with van der Waals surface area (Å²) in [4.78, 5) is 9.81. The SMILES string of the molecule is Cc1ccc2c3c1c1c4c(ccnc4n3c3nc4ccccc4n23)cc[n+]1C. The van der Waals surface area contributed by atoms with Gasteiger partial charge in [-0.1, -0.05) is 18.2 Å². The molecule has 2 aromatic carbocycles. The second-order valence-electron chi connectivity index (χ2n) is 7.57. The van der Waals surface area contributed by atoms with E-state index in [0.717, 1.165) is 28.0 Å². The van der Waals surface area contributed by atoms with Crippen molar-refractivity contribution in [1.82, 2.24) is 18.8 Å². The Morgan fingerprint density at radius 3 is 2.71 bits per heavy atom. The molecule has 0 N–H and O–H groups in total. The Labute approximate surface area is 159 Å². The average molecular weight is 362 g/mol. The van der Waals surface area contributed by atoms with E-state index in [9.17, 15) is 0 Å². The molecule has 5 aromatic heterocycles. The first-order chi connectivity index (χ1) is 13.7. The number of aromatic nitrogens is 5. The summed E-state index contributed by atoms with van der Waals surface area (Å²) in [6, 6.07) is 17.0. The summed E-state index contributed by atoms with van der Waals surface area (Å²) in [5.41, 5.74) is 7.91. The van der Waals surface area contributed by atoms with Crippen molar-refractivity contribution >= 4 is 55.2 Å². The van der Waals surface area contributed by atoms with E-state index < -0.39 is 0 Å². The molecule has 5 heterocycles. The van der Waals surface area contributed by atoms with Gasteiger partial charge in [-0.2, -0.15) is 0 Å². The molecule has 7 rings (SSSR count). The van der Waals surface area contributed by atoms with Crippen LogP contribution in [0.5, 0.6) is 0 Å².